The molecule has 0 saturated carbocycles. The van der Waals surface area contributed by atoms with E-state index in [1.54, 1.807) is 13.0 Å². The van der Waals surface area contributed by atoms with Crippen molar-refractivity contribution in [2.24, 2.45) is 0 Å². The van der Waals surface area contributed by atoms with E-state index in [0.29, 0.717) is 11.3 Å². The lowest BCUT2D eigenvalue weighted by Gasteiger charge is -2.19. The molecule has 0 heterocycles. The first-order valence-electron chi connectivity index (χ1n) is 8.80. The average Bonchev–Trinajstić information content (AvgIpc) is 2.63. The number of ether oxygens (including phenoxy) is 1. The Bertz CT molecular complexity index is 990. The van der Waals surface area contributed by atoms with Crippen molar-refractivity contribution in [1.29, 1.82) is 0 Å². The van der Waals surface area contributed by atoms with E-state index in [9.17, 15) is 13.2 Å². The van der Waals surface area contributed by atoms with E-state index in [4.69, 9.17) is 4.74 Å². The highest BCUT2D eigenvalue weighted by atomic mass is 79.9. The minimum absolute atomic E-state index is 0.121. The maximum absolute atomic E-state index is 12.8. The number of hydrogen-bond acceptors (Lipinski definition) is 4. The normalized spacial score (nSPS) is 11.5. The summed E-state index contributed by atoms with van der Waals surface area (Å²) in [5, 5.41) is 2.86. The molecule has 0 aliphatic heterocycles. The quantitative estimate of drug-likeness (QED) is 0.668. The van der Waals surface area contributed by atoms with E-state index in [0.717, 1.165) is 32.0 Å². The van der Waals surface area contributed by atoms with Gasteiger partial charge in [0, 0.05) is 17.2 Å². The van der Waals surface area contributed by atoms with Gasteiger partial charge in [0.15, 0.2) is 0 Å². The van der Waals surface area contributed by atoms with Crippen molar-refractivity contribution in [2.45, 2.75) is 32.1 Å². The van der Waals surface area contributed by atoms with Crippen LogP contribution >= 0.6 is 15.9 Å². The van der Waals surface area contributed by atoms with E-state index < -0.39 is 15.9 Å². The second-order valence-electron chi connectivity index (χ2n) is 6.55. The maximum atomic E-state index is 12.8. The summed E-state index contributed by atoms with van der Waals surface area (Å²) in [5.74, 6) is 0.216. The number of rotatable bonds is 7. The number of carbonyl (C=O) groups excluding carboxylic acids is 1. The molecule has 0 atom stereocenters. The summed E-state index contributed by atoms with van der Waals surface area (Å²) in [7, 11) is -0.875. The molecular weight excluding hydrogens is 444 g/mol. The summed E-state index contributed by atoms with van der Waals surface area (Å²) in [6.45, 7) is 5.39. The van der Waals surface area contributed by atoms with Crippen LogP contribution < -0.4 is 10.1 Å². The molecule has 1 amide bonds. The first-order chi connectivity index (χ1) is 13.1. The van der Waals surface area contributed by atoms with Gasteiger partial charge in [-0.15, -0.1) is 0 Å². The van der Waals surface area contributed by atoms with E-state index in [1.807, 2.05) is 26.0 Å². The van der Waals surface area contributed by atoms with Crippen LogP contribution in [0.15, 0.2) is 39.7 Å². The Morgan fingerprint density at radius 2 is 1.86 bits per heavy atom. The number of methoxy groups -OCH3 is 1. The second-order valence-corrected chi connectivity index (χ2v) is 9.51. The molecule has 0 bridgehead atoms. The zero-order valence-corrected chi connectivity index (χ0v) is 19.1. The molecule has 0 spiro atoms. The van der Waals surface area contributed by atoms with Crippen LogP contribution in [0.5, 0.6) is 5.75 Å². The zero-order chi connectivity index (χ0) is 21.1. The molecule has 0 aliphatic rings. The van der Waals surface area contributed by atoms with Gasteiger partial charge in [-0.05, 0) is 67.3 Å². The Morgan fingerprint density at radius 1 is 1.18 bits per heavy atom. The third-order valence-electron chi connectivity index (χ3n) is 4.47. The molecule has 152 valence electrons. The summed E-state index contributed by atoms with van der Waals surface area (Å²) >= 11 is 3.45. The van der Waals surface area contributed by atoms with Gasteiger partial charge in [-0.3, -0.25) is 4.79 Å². The number of likely N-dealkylation sites (N-methyl/N-ethyl adjacent to an activating group) is 1. The third kappa shape index (κ3) is 4.92. The van der Waals surface area contributed by atoms with Crippen molar-refractivity contribution in [3.63, 3.8) is 0 Å². The predicted octanol–water partition coefficient (Wildman–Crippen LogP) is 3.90. The van der Waals surface area contributed by atoms with Crippen molar-refractivity contribution in [3.8, 4) is 5.75 Å². The van der Waals surface area contributed by atoms with E-state index >= 15 is 0 Å². The van der Waals surface area contributed by atoms with Crippen LogP contribution in [0.4, 0.5) is 5.69 Å². The summed E-state index contributed by atoms with van der Waals surface area (Å²) in [5.41, 5.74) is 3.33. The van der Waals surface area contributed by atoms with Gasteiger partial charge in [0.25, 0.3) is 0 Å². The highest BCUT2D eigenvalue weighted by Crippen LogP contribution is 2.27. The number of amides is 1. The number of sulfonamides is 1. The average molecular weight is 469 g/mol. The smallest absolute Gasteiger partial charge is 0.243 e. The highest BCUT2D eigenvalue weighted by molar-refractivity contribution is 9.10. The van der Waals surface area contributed by atoms with Gasteiger partial charge in [-0.25, -0.2) is 8.42 Å². The fourth-order valence-corrected chi connectivity index (χ4v) is 4.76. The number of hydrogen-bond donors (Lipinski definition) is 1. The standard InChI is InChI=1S/C20H25BrN2O4S/c1-6-15-11-16(21)9-14(3)20(15)22-19(24)12-23(4)28(25,26)17-7-8-18(27-5)13(2)10-17/h7-11H,6,12H2,1-5H3,(H,22,24). The van der Waals surface area contributed by atoms with E-state index in [2.05, 4.69) is 21.2 Å². The van der Waals surface area contributed by atoms with Gasteiger partial charge in [0.2, 0.25) is 15.9 Å². The summed E-state index contributed by atoms with van der Waals surface area (Å²) in [4.78, 5) is 12.6. The summed E-state index contributed by atoms with van der Waals surface area (Å²) in [6, 6.07) is 8.48. The molecule has 0 aromatic heterocycles. The van der Waals surface area contributed by atoms with Crippen molar-refractivity contribution in [2.75, 3.05) is 26.0 Å². The predicted molar refractivity (Wildman–Crippen MR) is 114 cm³/mol. The zero-order valence-electron chi connectivity index (χ0n) is 16.7. The van der Waals surface area contributed by atoms with Crippen LogP contribution in [0, 0.1) is 13.8 Å². The van der Waals surface area contributed by atoms with Crippen LogP contribution in [0.1, 0.15) is 23.6 Å². The monoisotopic (exact) mass is 468 g/mol. The lowest BCUT2D eigenvalue weighted by Crippen LogP contribution is -2.35. The first-order valence-corrected chi connectivity index (χ1v) is 11.0. The van der Waals surface area contributed by atoms with E-state index in [1.165, 1.54) is 26.3 Å². The van der Waals surface area contributed by atoms with Crippen LogP contribution in [0.2, 0.25) is 0 Å². The second kappa shape index (κ2) is 9.07. The number of benzene rings is 2. The molecule has 0 aliphatic carbocycles. The Morgan fingerprint density at radius 3 is 2.43 bits per heavy atom. The number of nitrogens with zero attached hydrogens (tertiary/aromatic N) is 1. The molecule has 8 heteroatoms. The Labute approximate surface area is 175 Å². The Balaban J connectivity index is 2.19. The van der Waals surface area contributed by atoms with Gasteiger partial charge in [0.1, 0.15) is 5.75 Å². The van der Waals surface area contributed by atoms with Gasteiger partial charge in [-0.2, -0.15) is 4.31 Å². The lowest BCUT2D eigenvalue weighted by atomic mass is 10.1. The largest absolute Gasteiger partial charge is 0.496 e. The molecule has 2 aromatic rings. The molecule has 6 nitrogen and oxygen atoms in total. The van der Waals surface area contributed by atoms with Gasteiger partial charge < -0.3 is 10.1 Å². The molecule has 0 fully saturated rings. The third-order valence-corrected chi connectivity index (χ3v) is 6.73. The van der Waals surface area contributed by atoms with Crippen molar-refractivity contribution >= 4 is 37.5 Å². The first kappa shape index (κ1) is 22.4. The molecule has 1 N–H and O–H groups in total. The van der Waals surface area contributed by atoms with Crippen molar-refractivity contribution in [1.82, 2.24) is 4.31 Å². The summed E-state index contributed by atoms with van der Waals surface area (Å²) < 4.78 is 32.8. The fourth-order valence-electron chi connectivity index (χ4n) is 2.93. The molecule has 0 unspecified atom stereocenters. The minimum Gasteiger partial charge on any atom is -0.496 e. The number of aryl methyl sites for hydroxylation is 3. The number of anilines is 1. The Kier molecular flexibility index (Phi) is 7.25. The number of carbonyl (C=O) groups is 1. The lowest BCUT2D eigenvalue weighted by molar-refractivity contribution is -0.116. The van der Waals surface area contributed by atoms with Crippen LogP contribution in [0.25, 0.3) is 0 Å². The van der Waals surface area contributed by atoms with Crippen LogP contribution in [-0.2, 0) is 21.2 Å². The van der Waals surface area contributed by atoms with Gasteiger partial charge >= 0.3 is 0 Å². The summed E-state index contributed by atoms with van der Waals surface area (Å²) in [6.07, 6.45) is 0.745. The van der Waals surface area contributed by atoms with Gasteiger partial charge in [0.05, 0.1) is 18.6 Å². The Hall–Kier alpha value is -1.90. The molecule has 0 radical (unpaired) electrons. The fraction of sp³-hybridized carbons (Fsp3) is 0.350. The topological polar surface area (TPSA) is 75.7 Å². The van der Waals surface area contributed by atoms with E-state index in [-0.39, 0.29) is 11.4 Å². The molecule has 0 saturated heterocycles. The highest BCUT2D eigenvalue weighted by Gasteiger charge is 2.24. The molecular formula is C20H25BrN2O4S. The SMILES string of the molecule is CCc1cc(Br)cc(C)c1NC(=O)CN(C)S(=O)(=O)c1ccc(OC)c(C)c1. The molecule has 28 heavy (non-hydrogen) atoms. The van der Waals surface area contributed by atoms with Crippen molar-refractivity contribution < 1.29 is 17.9 Å². The van der Waals surface area contributed by atoms with Crippen molar-refractivity contribution in [3.05, 3.63) is 51.5 Å². The minimum atomic E-state index is -3.80. The number of nitrogens with one attached hydrogen (secondary N) is 1. The van der Waals surface area contributed by atoms with Gasteiger partial charge in [-0.1, -0.05) is 22.9 Å². The molecule has 2 rings (SSSR count). The maximum Gasteiger partial charge on any atom is 0.243 e. The number of halogens is 1. The van der Waals surface area contributed by atoms with Crippen LogP contribution in [0.3, 0.4) is 0 Å². The van der Waals surface area contributed by atoms with Crippen LogP contribution in [-0.4, -0.2) is 39.3 Å². The molecule has 2 aromatic carbocycles.